The molecule has 22 heavy (non-hydrogen) atoms. The Hall–Kier alpha value is -2.75. The van der Waals surface area contributed by atoms with Gasteiger partial charge in [-0.3, -0.25) is 0 Å². The number of allylic oxidation sites excluding steroid dienone is 2. The lowest BCUT2D eigenvalue weighted by atomic mass is 10.1. The zero-order chi connectivity index (χ0) is 15.7. The van der Waals surface area contributed by atoms with Crippen LogP contribution in [-0.2, 0) is 6.42 Å². The minimum atomic E-state index is -0.558. The Bertz CT molecular complexity index is 879. The third-order valence-electron chi connectivity index (χ3n) is 3.62. The molecule has 3 rings (SSSR count). The molecule has 0 bridgehead atoms. The van der Waals surface area contributed by atoms with Crippen molar-refractivity contribution in [3.8, 4) is 17.3 Å². The number of aromatic hydroxyl groups is 1. The Balaban J connectivity index is 2.26. The van der Waals surface area contributed by atoms with Crippen LogP contribution in [0.5, 0.6) is 5.75 Å². The predicted molar refractivity (Wildman–Crippen MR) is 85.1 cm³/mol. The van der Waals surface area contributed by atoms with Gasteiger partial charge < -0.3 is 13.9 Å². The lowest BCUT2D eigenvalue weighted by Crippen LogP contribution is -2.07. The highest BCUT2D eigenvalue weighted by molar-refractivity contribution is 5.82. The second-order valence-electron chi connectivity index (χ2n) is 5.09. The number of rotatable bonds is 3. The van der Waals surface area contributed by atoms with Gasteiger partial charge in [0.2, 0.25) is 0 Å². The first-order valence-corrected chi connectivity index (χ1v) is 7.07. The standard InChI is InChI=1S/C18H16O4/c1-3-4-8-13-16(19)11(2)18(20)22-17(13)15-10-12-7-5-6-9-14(12)21-15/h3-7,9-10,19H,8H2,1-2H3. The summed E-state index contributed by atoms with van der Waals surface area (Å²) in [6, 6.07) is 9.35. The number of benzene rings is 1. The Morgan fingerprint density at radius 2 is 2.00 bits per heavy atom. The van der Waals surface area contributed by atoms with Crippen molar-refractivity contribution in [2.75, 3.05) is 0 Å². The van der Waals surface area contributed by atoms with E-state index in [9.17, 15) is 9.90 Å². The lowest BCUT2D eigenvalue weighted by molar-refractivity contribution is 0.431. The topological polar surface area (TPSA) is 63.6 Å². The van der Waals surface area contributed by atoms with Crippen molar-refractivity contribution in [2.24, 2.45) is 0 Å². The normalized spacial score (nSPS) is 11.5. The van der Waals surface area contributed by atoms with Crippen LogP contribution in [0, 0.1) is 6.92 Å². The van der Waals surface area contributed by atoms with E-state index in [4.69, 9.17) is 8.83 Å². The Morgan fingerprint density at radius 1 is 1.23 bits per heavy atom. The maximum absolute atomic E-state index is 11.9. The molecule has 0 unspecified atom stereocenters. The average Bonchev–Trinajstić information content (AvgIpc) is 2.95. The SMILES string of the molecule is CC=CCc1c(-c2cc3ccccc3o2)oc(=O)c(C)c1O. The summed E-state index contributed by atoms with van der Waals surface area (Å²) in [6.45, 7) is 3.44. The van der Waals surface area contributed by atoms with Gasteiger partial charge in [0.1, 0.15) is 11.3 Å². The van der Waals surface area contributed by atoms with Gasteiger partial charge in [0.15, 0.2) is 11.5 Å². The number of para-hydroxylation sites is 1. The highest BCUT2D eigenvalue weighted by Crippen LogP contribution is 2.34. The largest absolute Gasteiger partial charge is 0.507 e. The minimum absolute atomic E-state index is 0.0372. The van der Waals surface area contributed by atoms with Crippen LogP contribution in [0.1, 0.15) is 18.1 Å². The summed E-state index contributed by atoms with van der Waals surface area (Å²) in [6.07, 6.45) is 4.22. The van der Waals surface area contributed by atoms with E-state index in [-0.39, 0.29) is 17.1 Å². The van der Waals surface area contributed by atoms with Gasteiger partial charge in [0.05, 0.1) is 5.56 Å². The van der Waals surface area contributed by atoms with Gasteiger partial charge in [-0.2, -0.15) is 0 Å². The minimum Gasteiger partial charge on any atom is -0.507 e. The smallest absolute Gasteiger partial charge is 0.343 e. The van der Waals surface area contributed by atoms with Crippen molar-refractivity contribution in [3.05, 3.63) is 64.0 Å². The first-order chi connectivity index (χ1) is 10.6. The number of furan rings is 1. The van der Waals surface area contributed by atoms with Gasteiger partial charge in [-0.05, 0) is 32.4 Å². The molecule has 0 aliphatic carbocycles. The van der Waals surface area contributed by atoms with Crippen LogP contribution in [0.15, 0.2) is 56.1 Å². The summed E-state index contributed by atoms with van der Waals surface area (Å²) in [7, 11) is 0. The summed E-state index contributed by atoms with van der Waals surface area (Å²) in [5.74, 6) is 0.681. The molecule has 0 aliphatic heterocycles. The Labute approximate surface area is 127 Å². The van der Waals surface area contributed by atoms with Crippen molar-refractivity contribution in [2.45, 2.75) is 20.3 Å². The fourth-order valence-electron chi connectivity index (χ4n) is 2.38. The van der Waals surface area contributed by atoms with Crippen LogP contribution in [-0.4, -0.2) is 5.11 Å². The third kappa shape index (κ3) is 2.33. The highest BCUT2D eigenvalue weighted by Gasteiger charge is 2.20. The van der Waals surface area contributed by atoms with Gasteiger partial charge in [0, 0.05) is 10.9 Å². The molecule has 2 heterocycles. The van der Waals surface area contributed by atoms with E-state index in [1.165, 1.54) is 0 Å². The highest BCUT2D eigenvalue weighted by atomic mass is 16.4. The maximum atomic E-state index is 11.9. The van der Waals surface area contributed by atoms with Gasteiger partial charge >= 0.3 is 5.63 Å². The molecule has 1 aromatic carbocycles. The second-order valence-corrected chi connectivity index (χ2v) is 5.09. The number of hydrogen-bond donors (Lipinski definition) is 1. The molecule has 0 saturated heterocycles. The fraction of sp³-hybridized carbons (Fsp3) is 0.167. The second kappa shape index (κ2) is 5.56. The number of hydrogen-bond acceptors (Lipinski definition) is 4. The lowest BCUT2D eigenvalue weighted by Gasteiger charge is -2.08. The molecule has 4 nitrogen and oxygen atoms in total. The number of fused-ring (bicyclic) bond motifs is 1. The molecule has 0 amide bonds. The van der Waals surface area contributed by atoms with Crippen LogP contribution in [0.2, 0.25) is 0 Å². The van der Waals surface area contributed by atoms with Crippen LogP contribution < -0.4 is 5.63 Å². The van der Waals surface area contributed by atoms with Gasteiger partial charge in [-0.1, -0.05) is 30.4 Å². The van der Waals surface area contributed by atoms with Gasteiger partial charge in [0.25, 0.3) is 0 Å². The molecule has 0 atom stereocenters. The molecule has 0 aliphatic rings. The van der Waals surface area contributed by atoms with Crippen molar-refractivity contribution in [3.63, 3.8) is 0 Å². The quantitative estimate of drug-likeness (QED) is 0.736. The molecule has 2 aromatic heterocycles. The maximum Gasteiger partial charge on any atom is 0.343 e. The molecular formula is C18H16O4. The summed E-state index contributed by atoms with van der Waals surface area (Å²) < 4.78 is 11.1. The molecule has 3 aromatic rings. The zero-order valence-corrected chi connectivity index (χ0v) is 12.4. The van der Waals surface area contributed by atoms with E-state index in [0.717, 1.165) is 5.39 Å². The van der Waals surface area contributed by atoms with Crippen LogP contribution in [0.25, 0.3) is 22.5 Å². The molecule has 0 spiro atoms. The first kappa shape index (κ1) is 14.2. The van der Waals surface area contributed by atoms with Crippen molar-refractivity contribution >= 4 is 11.0 Å². The van der Waals surface area contributed by atoms with Crippen LogP contribution in [0.4, 0.5) is 0 Å². The van der Waals surface area contributed by atoms with E-state index in [2.05, 4.69) is 0 Å². The monoisotopic (exact) mass is 296 g/mol. The first-order valence-electron chi connectivity index (χ1n) is 7.07. The summed E-state index contributed by atoms with van der Waals surface area (Å²) >= 11 is 0. The average molecular weight is 296 g/mol. The summed E-state index contributed by atoms with van der Waals surface area (Å²) in [4.78, 5) is 11.9. The van der Waals surface area contributed by atoms with Crippen molar-refractivity contribution < 1.29 is 13.9 Å². The molecule has 112 valence electrons. The third-order valence-corrected chi connectivity index (χ3v) is 3.62. The van der Waals surface area contributed by atoms with Crippen molar-refractivity contribution in [1.82, 2.24) is 0 Å². The molecule has 1 N–H and O–H groups in total. The Kier molecular flexibility index (Phi) is 3.59. The van der Waals surface area contributed by atoms with E-state index in [1.54, 1.807) is 6.92 Å². The molecular weight excluding hydrogens is 280 g/mol. The molecule has 0 saturated carbocycles. The summed E-state index contributed by atoms with van der Waals surface area (Å²) in [5, 5.41) is 11.2. The van der Waals surface area contributed by atoms with Gasteiger partial charge in [-0.15, -0.1) is 0 Å². The summed E-state index contributed by atoms with van der Waals surface area (Å²) in [5.41, 5.74) is 0.906. The van der Waals surface area contributed by atoms with Crippen LogP contribution >= 0.6 is 0 Å². The zero-order valence-electron chi connectivity index (χ0n) is 12.4. The molecule has 4 heteroatoms. The molecule has 0 radical (unpaired) electrons. The van der Waals surface area contributed by atoms with E-state index in [1.807, 2.05) is 49.4 Å². The van der Waals surface area contributed by atoms with E-state index >= 15 is 0 Å². The Morgan fingerprint density at radius 3 is 2.73 bits per heavy atom. The van der Waals surface area contributed by atoms with Crippen molar-refractivity contribution in [1.29, 1.82) is 0 Å². The van der Waals surface area contributed by atoms with E-state index in [0.29, 0.717) is 23.3 Å². The van der Waals surface area contributed by atoms with Gasteiger partial charge in [-0.25, -0.2) is 4.79 Å². The molecule has 0 fully saturated rings. The van der Waals surface area contributed by atoms with E-state index < -0.39 is 5.63 Å². The van der Waals surface area contributed by atoms with Crippen LogP contribution in [0.3, 0.4) is 0 Å². The predicted octanol–water partition coefficient (Wildman–Crippen LogP) is 4.19. The fourth-order valence-corrected chi connectivity index (χ4v) is 2.38.